The Balaban J connectivity index is 3.00. The standard InChI is InChI=1S/C18H36NO10P/c1-7-18(5,9-17(3,4)10-27-30(24,25)26-6)29-16-13(19-11(2)21)15(23)14(22)12(8-20)28-16/h12-16,20,22-23H,7-10H2,1-6H3,(H,19,21)(H,24,25). The first-order chi connectivity index (χ1) is 13.7. The molecule has 1 saturated heterocycles. The predicted octanol–water partition coefficient (Wildman–Crippen LogP) is 0.295. The van der Waals surface area contributed by atoms with E-state index in [0.29, 0.717) is 12.8 Å². The van der Waals surface area contributed by atoms with Crippen molar-refractivity contribution < 1.29 is 48.1 Å². The summed E-state index contributed by atoms with van der Waals surface area (Å²) in [6.45, 7) is 7.93. The predicted molar refractivity (Wildman–Crippen MR) is 106 cm³/mol. The number of ether oxygens (including phenoxy) is 2. The SMILES string of the molecule is CCC(C)(CC(C)(C)COP(=O)(O)OC)OC1OC(CO)C(O)C(O)C1NC(C)=O. The molecule has 0 aromatic heterocycles. The zero-order valence-electron chi connectivity index (χ0n) is 18.4. The monoisotopic (exact) mass is 457 g/mol. The summed E-state index contributed by atoms with van der Waals surface area (Å²) in [4.78, 5) is 21.1. The van der Waals surface area contributed by atoms with Crippen LogP contribution in [-0.2, 0) is 27.9 Å². The molecule has 0 saturated carbocycles. The highest BCUT2D eigenvalue weighted by Gasteiger charge is 2.48. The Labute approximate surface area is 177 Å². The first-order valence-electron chi connectivity index (χ1n) is 9.79. The summed E-state index contributed by atoms with van der Waals surface area (Å²) >= 11 is 0. The Morgan fingerprint density at radius 1 is 1.23 bits per heavy atom. The quantitative estimate of drug-likeness (QED) is 0.273. The van der Waals surface area contributed by atoms with Gasteiger partial charge in [0.2, 0.25) is 5.91 Å². The van der Waals surface area contributed by atoms with Gasteiger partial charge >= 0.3 is 7.82 Å². The minimum Gasteiger partial charge on any atom is -0.394 e. The van der Waals surface area contributed by atoms with Crippen molar-refractivity contribution in [2.75, 3.05) is 20.3 Å². The number of carbonyl (C=O) groups excluding carboxylic acids is 1. The molecule has 1 fully saturated rings. The van der Waals surface area contributed by atoms with Gasteiger partial charge in [0.05, 0.1) is 18.8 Å². The Morgan fingerprint density at radius 2 is 1.83 bits per heavy atom. The van der Waals surface area contributed by atoms with Crippen molar-refractivity contribution in [3.8, 4) is 0 Å². The van der Waals surface area contributed by atoms with Crippen LogP contribution in [0.4, 0.5) is 0 Å². The molecule has 0 aliphatic carbocycles. The van der Waals surface area contributed by atoms with Crippen LogP contribution in [0.25, 0.3) is 0 Å². The van der Waals surface area contributed by atoms with Gasteiger partial charge in [-0.2, -0.15) is 0 Å². The topological polar surface area (TPSA) is 164 Å². The van der Waals surface area contributed by atoms with Gasteiger partial charge in [-0.25, -0.2) is 4.57 Å². The maximum Gasteiger partial charge on any atom is 0.471 e. The number of rotatable bonds is 11. The fourth-order valence-corrected chi connectivity index (χ4v) is 4.09. The molecule has 7 unspecified atom stereocenters. The van der Waals surface area contributed by atoms with Crippen molar-refractivity contribution in [1.29, 1.82) is 0 Å². The molecule has 0 aromatic carbocycles. The molecule has 0 radical (unpaired) electrons. The fourth-order valence-electron chi connectivity index (χ4n) is 3.47. The summed E-state index contributed by atoms with van der Waals surface area (Å²) in [5.41, 5.74) is -1.48. The fraction of sp³-hybridized carbons (Fsp3) is 0.944. The Kier molecular flexibility index (Phi) is 9.87. The van der Waals surface area contributed by atoms with Gasteiger partial charge in [0.1, 0.15) is 24.4 Å². The van der Waals surface area contributed by atoms with E-state index in [-0.39, 0.29) is 6.61 Å². The van der Waals surface area contributed by atoms with Crippen LogP contribution in [0.1, 0.15) is 47.5 Å². The van der Waals surface area contributed by atoms with Crippen molar-refractivity contribution in [1.82, 2.24) is 5.32 Å². The summed E-state index contributed by atoms with van der Waals surface area (Å²) in [5, 5.41) is 32.5. The van der Waals surface area contributed by atoms with Crippen molar-refractivity contribution in [3.63, 3.8) is 0 Å². The number of aliphatic hydroxyl groups excluding tert-OH is 3. The second-order valence-electron chi connectivity index (χ2n) is 8.62. The maximum absolute atomic E-state index is 11.6. The minimum atomic E-state index is -4.13. The highest BCUT2D eigenvalue weighted by Crippen LogP contribution is 2.45. The largest absolute Gasteiger partial charge is 0.471 e. The van der Waals surface area contributed by atoms with Gasteiger partial charge in [0, 0.05) is 14.0 Å². The average molecular weight is 457 g/mol. The highest BCUT2D eigenvalue weighted by atomic mass is 31.2. The smallest absolute Gasteiger partial charge is 0.394 e. The number of hydrogen-bond acceptors (Lipinski definition) is 9. The first-order valence-corrected chi connectivity index (χ1v) is 11.3. The summed E-state index contributed by atoms with van der Waals surface area (Å²) < 4.78 is 32.8. The van der Waals surface area contributed by atoms with Gasteiger partial charge < -0.3 is 35.0 Å². The van der Waals surface area contributed by atoms with Crippen LogP contribution in [-0.4, -0.2) is 82.7 Å². The van der Waals surface area contributed by atoms with Crippen molar-refractivity contribution in [2.24, 2.45) is 5.41 Å². The van der Waals surface area contributed by atoms with E-state index in [1.54, 1.807) is 6.92 Å². The molecule has 1 aliphatic rings. The molecule has 11 nitrogen and oxygen atoms in total. The average Bonchev–Trinajstić information content (AvgIpc) is 2.65. The van der Waals surface area contributed by atoms with E-state index in [4.69, 9.17) is 14.0 Å². The molecule has 0 spiro atoms. The Hall–Kier alpha value is -0.620. The lowest BCUT2D eigenvalue weighted by atomic mass is 9.80. The van der Waals surface area contributed by atoms with Gasteiger partial charge in [-0.15, -0.1) is 0 Å². The zero-order valence-corrected chi connectivity index (χ0v) is 19.3. The maximum atomic E-state index is 11.6. The van der Waals surface area contributed by atoms with E-state index in [1.807, 2.05) is 20.8 Å². The number of hydrogen-bond donors (Lipinski definition) is 5. The number of phosphoric acid groups is 1. The van der Waals surface area contributed by atoms with E-state index in [0.717, 1.165) is 7.11 Å². The van der Waals surface area contributed by atoms with Crippen molar-refractivity contribution in [2.45, 2.75) is 83.7 Å². The van der Waals surface area contributed by atoms with E-state index >= 15 is 0 Å². The molecular formula is C18H36NO10P. The van der Waals surface area contributed by atoms with Crippen LogP contribution in [0.3, 0.4) is 0 Å². The summed E-state index contributed by atoms with van der Waals surface area (Å²) in [6, 6.07) is -1.06. The molecule has 178 valence electrons. The molecule has 1 amide bonds. The molecule has 0 bridgehead atoms. The van der Waals surface area contributed by atoms with Crippen molar-refractivity contribution >= 4 is 13.7 Å². The number of carbonyl (C=O) groups is 1. The molecule has 0 aromatic rings. The number of aliphatic hydroxyl groups is 3. The highest BCUT2D eigenvalue weighted by molar-refractivity contribution is 7.47. The van der Waals surface area contributed by atoms with Gasteiger partial charge in [0.25, 0.3) is 0 Å². The second-order valence-corrected chi connectivity index (χ2v) is 10.2. The van der Waals surface area contributed by atoms with Crippen LogP contribution < -0.4 is 5.32 Å². The van der Waals surface area contributed by atoms with E-state index in [2.05, 4.69) is 9.84 Å². The van der Waals surface area contributed by atoms with Gasteiger partial charge in [-0.3, -0.25) is 13.8 Å². The molecule has 1 aliphatic heterocycles. The first kappa shape index (κ1) is 27.4. The number of phosphoric ester groups is 1. The molecule has 1 rings (SSSR count). The molecule has 30 heavy (non-hydrogen) atoms. The van der Waals surface area contributed by atoms with E-state index in [9.17, 15) is 29.6 Å². The van der Waals surface area contributed by atoms with Crippen LogP contribution >= 0.6 is 7.82 Å². The van der Waals surface area contributed by atoms with Gasteiger partial charge in [-0.1, -0.05) is 20.8 Å². The Morgan fingerprint density at radius 3 is 2.30 bits per heavy atom. The summed E-state index contributed by atoms with van der Waals surface area (Å²) in [7, 11) is -3.06. The molecular weight excluding hydrogens is 421 g/mol. The Bertz CT molecular complexity index is 618. The molecule has 12 heteroatoms. The summed E-state index contributed by atoms with van der Waals surface area (Å²) in [6.07, 6.45) is -4.20. The van der Waals surface area contributed by atoms with Gasteiger partial charge in [-0.05, 0) is 25.2 Å². The molecule has 5 N–H and O–H groups in total. The van der Waals surface area contributed by atoms with E-state index in [1.165, 1.54) is 6.92 Å². The van der Waals surface area contributed by atoms with Crippen LogP contribution in [0.5, 0.6) is 0 Å². The lowest BCUT2D eigenvalue weighted by Crippen LogP contribution is -2.65. The number of amides is 1. The van der Waals surface area contributed by atoms with Crippen molar-refractivity contribution in [3.05, 3.63) is 0 Å². The molecule has 7 atom stereocenters. The molecule has 1 heterocycles. The lowest BCUT2D eigenvalue weighted by molar-refractivity contribution is -0.301. The van der Waals surface area contributed by atoms with Crippen LogP contribution in [0.2, 0.25) is 0 Å². The minimum absolute atomic E-state index is 0.0885. The third-order valence-corrected chi connectivity index (χ3v) is 6.02. The van der Waals surface area contributed by atoms with Crippen LogP contribution in [0.15, 0.2) is 0 Å². The zero-order chi connectivity index (χ0) is 23.3. The van der Waals surface area contributed by atoms with E-state index < -0.39 is 62.0 Å². The normalized spacial score (nSPS) is 31.6. The third-order valence-electron chi connectivity index (χ3n) is 5.10. The third kappa shape index (κ3) is 7.81. The number of nitrogens with one attached hydrogen (secondary N) is 1. The summed E-state index contributed by atoms with van der Waals surface area (Å²) in [5.74, 6) is -0.448. The second kappa shape index (κ2) is 10.8. The lowest BCUT2D eigenvalue weighted by Gasteiger charge is -2.46. The van der Waals surface area contributed by atoms with Crippen LogP contribution in [0, 0.1) is 5.41 Å². The van der Waals surface area contributed by atoms with Gasteiger partial charge in [0.15, 0.2) is 6.29 Å².